The Balaban J connectivity index is 1.61. The maximum atomic E-state index is 13.4. The lowest BCUT2D eigenvalue weighted by Gasteiger charge is -2.28. The second-order valence-electron chi connectivity index (χ2n) is 5.54. The fourth-order valence-electron chi connectivity index (χ4n) is 2.57. The number of nitrogens with one attached hydrogen (secondary N) is 1. The molecule has 3 nitrogen and oxygen atoms in total. The smallest absolute Gasteiger partial charge is 0.224 e. The van der Waals surface area contributed by atoms with Crippen molar-refractivity contribution in [1.82, 2.24) is 10.2 Å². The minimum atomic E-state index is -0.153. The van der Waals surface area contributed by atoms with Gasteiger partial charge in [-0.2, -0.15) is 11.8 Å². The Morgan fingerprint density at radius 2 is 2.29 bits per heavy atom. The van der Waals surface area contributed by atoms with Gasteiger partial charge in [-0.15, -0.1) is 0 Å². The van der Waals surface area contributed by atoms with E-state index in [0.29, 0.717) is 12.3 Å². The van der Waals surface area contributed by atoms with Crippen LogP contribution in [-0.2, 0) is 10.5 Å². The van der Waals surface area contributed by atoms with E-state index in [9.17, 15) is 9.18 Å². The Morgan fingerprint density at radius 1 is 1.48 bits per heavy atom. The van der Waals surface area contributed by atoms with Gasteiger partial charge >= 0.3 is 0 Å². The monoisotopic (exact) mass is 310 g/mol. The first kappa shape index (κ1) is 16.3. The second-order valence-corrected chi connectivity index (χ2v) is 6.64. The predicted octanol–water partition coefficient (Wildman–Crippen LogP) is 2.52. The molecule has 1 aromatic rings. The molecule has 1 aliphatic rings. The molecule has 1 amide bonds. The molecule has 5 heteroatoms. The molecule has 1 fully saturated rings. The van der Waals surface area contributed by atoms with Crippen molar-refractivity contribution in [1.29, 1.82) is 0 Å². The van der Waals surface area contributed by atoms with E-state index in [0.717, 1.165) is 37.2 Å². The van der Waals surface area contributed by atoms with E-state index in [-0.39, 0.29) is 17.6 Å². The number of thioether (sulfide) groups is 1. The minimum Gasteiger partial charge on any atom is -0.355 e. The number of hydrogen-bond donors (Lipinski definition) is 1. The molecule has 21 heavy (non-hydrogen) atoms. The van der Waals surface area contributed by atoms with Crippen LogP contribution in [-0.4, -0.2) is 43.2 Å². The third-order valence-electron chi connectivity index (χ3n) is 3.76. The van der Waals surface area contributed by atoms with Crippen molar-refractivity contribution in [2.75, 3.05) is 32.4 Å². The molecule has 0 radical (unpaired) electrons. The summed E-state index contributed by atoms with van der Waals surface area (Å²) < 4.78 is 13.4. The van der Waals surface area contributed by atoms with Crippen molar-refractivity contribution in [3.8, 4) is 0 Å². The number of piperidine rings is 1. The van der Waals surface area contributed by atoms with E-state index >= 15 is 0 Å². The Hall–Kier alpha value is -1.07. The molecule has 1 saturated heterocycles. The van der Waals surface area contributed by atoms with Crippen LogP contribution in [0.15, 0.2) is 24.3 Å². The van der Waals surface area contributed by atoms with Crippen LogP contribution >= 0.6 is 11.8 Å². The summed E-state index contributed by atoms with van der Waals surface area (Å²) in [6.07, 6.45) is 2.08. The number of likely N-dealkylation sites (tertiary alicyclic amines) is 1. The highest BCUT2D eigenvalue weighted by molar-refractivity contribution is 7.98. The van der Waals surface area contributed by atoms with Gasteiger partial charge in [0.05, 0.1) is 5.92 Å². The number of carbonyl (C=O) groups excluding carboxylic acids is 1. The van der Waals surface area contributed by atoms with Gasteiger partial charge in [-0.3, -0.25) is 4.79 Å². The van der Waals surface area contributed by atoms with Crippen molar-refractivity contribution in [3.63, 3.8) is 0 Å². The van der Waals surface area contributed by atoms with E-state index < -0.39 is 0 Å². The highest BCUT2D eigenvalue weighted by Crippen LogP contribution is 2.16. The highest BCUT2D eigenvalue weighted by atomic mass is 32.2. The molecule has 1 heterocycles. The molecule has 0 unspecified atom stereocenters. The number of rotatable bonds is 6. The van der Waals surface area contributed by atoms with Gasteiger partial charge in [0, 0.05) is 24.6 Å². The van der Waals surface area contributed by atoms with Crippen molar-refractivity contribution < 1.29 is 9.18 Å². The third-order valence-corrected chi connectivity index (χ3v) is 4.76. The number of carbonyl (C=O) groups is 1. The standard InChI is InChI=1S/C16H23FN2OS/c1-19-9-4-6-13(11-19)16(20)18-8-10-21-12-14-5-2-3-7-15(14)17/h2-3,5,7,13H,4,6,8-12H2,1H3,(H,18,20)/t13-/m0/s1. The normalized spacial score (nSPS) is 19.4. The molecule has 0 aromatic heterocycles. The van der Waals surface area contributed by atoms with Gasteiger partial charge in [0.25, 0.3) is 0 Å². The van der Waals surface area contributed by atoms with Crippen molar-refractivity contribution >= 4 is 17.7 Å². The van der Waals surface area contributed by atoms with Crippen LogP contribution < -0.4 is 5.32 Å². The van der Waals surface area contributed by atoms with Crippen LogP contribution in [0.3, 0.4) is 0 Å². The van der Waals surface area contributed by atoms with Crippen LogP contribution in [0.2, 0.25) is 0 Å². The molecular weight excluding hydrogens is 287 g/mol. The summed E-state index contributed by atoms with van der Waals surface area (Å²) in [5.74, 6) is 1.59. The minimum absolute atomic E-state index is 0.125. The molecular formula is C16H23FN2OS. The van der Waals surface area contributed by atoms with Crippen LogP contribution in [0.4, 0.5) is 4.39 Å². The maximum absolute atomic E-state index is 13.4. The summed E-state index contributed by atoms with van der Waals surface area (Å²) in [6.45, 7) is 2.59. The quantitative estimate of drug-likeness (QED) is 0.820. The first-order valence-electron chi connectivity index (χ1n) is 7.44. The molecule has 0 spiro atoms. The fourth-order valence-corrected chi connectivity index (χ4v) is 3.41. The largest absolute Gasteiger partial charge is 0.355 e. The topological polar surface area (TPSA) is 32.3 Å². The van der Waals surface area contributed by atoms with E-state index in [4.69, 9.17) is 0 Å². The average Bonchev–Trinajstić information content (AvgIpc) is 2.48. The molecule has 116 valence electrons. The van der Waals surface area contributed by atoms with E-state index in [1.54, 1.807) is 23.9 Å². The Kier molecular flexibility index (Phi) is 6.51. The van der Waals surface area contributed by atoms with Crippen LogP contribution in [0.1, 0.15) is 18.4 Å². The molecule has 1 atom stereocenters. The zero-order valence-corrected chi connectivity index (χ0v) is 13.3. The summed E-state index contributed by atoms with van der Waals surface area (Å²) in [7, 11) is 2.06. The van der Waals surface area contributed by atoms with Crippen molar-refractivity contribution in [2.24, 2.45) is 5.92 Å². The predicted molar refractivity (Wildman–Crippen MR) is 85.8 cm³/mol. The summed E-state index contributed by atoms with van der Waals surface area (Å²) in [6, 6.07) is 6.83. The number of amides is 1. The SMILES string of the molecule is CN1CCC[C@H](C(=O)NCCSCc2ccccc2F)C1. The molecule has 0 saturated carbocycles. The number of hydrogen-bond acceptors (Lipinski definition) is 3. The summed E-state index contributed by atoms with van der Waals surface area (Å²) >= 11 is 1.64. The van der Waals surface area contributed by atoms with Gasteiger partial charge in [0.1, 0.15) is 5.82 Å². The zero-order valence-electron chi connectivity index (χ0n) is 12.5. The van der Waals surface area contributed by atoms with E-state index in [1.165, 1.54) is 6.07 Å². The molecule has 0 aliphatic carbocycles. The van der Waals surface area contributed by atoms with E-state index in [2.05, 4.69) is 17.3 Å². The van der Waals surface area contributed by atoms with E-state index in [1.807, 2.05) is 6.07 Å². The summed E-state index contributed by atoms with van der Waals surface area (Å²) in [5, 5.41) is 2.99. The first-order chi connectivity index (χ1) is 10.2. The second kappa shape index (κ2) is 8.39. The van der Waals surface area contributed by atoms with Crippen molar-refractivity contribution in [2.45, 2.75) is 18.6 Å². The Bertz CT molecular complexity index is 469. The lowest BCUT2D eigenvalue weighted by Crippen LogP contribution is -2.41. The average molecular weight is 310 g/mol. The maximum Gasteiger partial charge on any atom is 0.224 e. The number of halogens is 1. The van der Waals surface area contributed by atoms with Gasteiger partial charge in [0.2, 0.25) is 5.91 Å². The van der Waals surface area contributed by atoms with Gasteiger partial charge in [0.15, 0.2) is 0 Å². The Morgan fingerprint density at radius 3 is 3.05 bits per heavy atom. The fraction of sp³-hybridized carbons (Fsp3) is 0.562. The molecule has 1 aliphatic heterocycles. The first-order valence-corrected chi connectivity index (χ1v) is 8.59. The lowest BCUT2D eigenvalue weighted by atomic mass is 9.98. The molecule has 1 aromatic carbocycles. The van der Waals surface area contributed by atoms with Crippen LogP contribution in [0.25, 0.3) is 0 Å². The lowest BCUT2D eigenvalue weighted by molar-refractivity contribution is -0.126. The molecule has 0 bridgehead atoms. The number of benzene rings is 1. The van der Waals surface area contributed by atoms with Gasteiger partial charge < -0.3 is 10.2 Å². The van der Waals surface area contributed by atoms with Crippen LogP contribution in [0.5, 0.6) is 0 Å². The summed E-state index contributed by atoms with van der Waals surface area (Å²) in [4.78, 5) is 14.2. The number of nitrogens with zero attached hydrogens (tertiary/aromatic N) is 1. The Labute approximate surface area is 130 Å². The van der Waals surface area contributed by atoms with Crippen LogP contribution in [0, 0.1) is 11.7 Å². The van der Waals surface area contributed by atoms with Gasteiger partial charge in [-0.05, 0) is 38.1 Å². The van der Waals surface area contributed by atoms with Crippen molar-refractivity contribution in [3.05, 3.63) is 35.6 Å². The zero-order chi connectivity index (χ0) is 15.1. The molecule has 1 N–H and O–H groups in total. The summed E-state index contributed by atoms with van der Waals surface area (Å²) in [5.41, 5.74) is 0.725. The van der Waals surface area contributed by atoms with Gasteiger partial charge in [-0.1, -0.05) is 18.2 Å². The third kappa shape index (κ3) is 5.32. The van der Waals surface area contributed by atoms with Gasteiger partial charge in [-0.25, -0.2) is 4.39 Å². The molecule has 2 rings (SSSR count). The highest BCUT2D eigenvalue weighted by Gasteiger charge is 2.23.